The van der Waals surface area contributed by atoms with Crippen molar-refractivity contribution in [3.05, 3.63) is 23.5 Å². The standard InChI is InChI=1S/C24H32FN5O5/c1-15-20(35-17-5-3-4-16(12-17)22(31)32)7-6-18(27-15)21-19(30(2)29-28-21)13-26-23(33)34-14-24(8-9-24)10-11-25/h6-7,16-17H,3-5,8-14H2,1-2H3,(H,26,33)(H,31,32)/t16-,17-/m0/s1. The molecule has 4 rings (SSSR count). The van der Waals surface area contributed by atoms with Crippen molar-refractivity contribution in [3.63, 3.8) is 0 Å². The summed E-state index contributed by atoms with van der Waals surface area (Å²) in [4.78, 5) is 28.1. The predicted octanol–water partition coefficient (Wildman–Crippen LogP) is 3.57. The predicted molar refractivity (Wildman–Crippen MR) is 123 cm³/mol. The van der Waals surface area contributed by atoms with Crippen molar-refractivity contribution >= 4 is 12.1 Å². The van der Waals surface area contributed by atoms with Gasteiger partial charge in [0.2, 0.25) is 0 Å². The fraction of sp³-hybridized carbons (Fsp3) is 0.625. The van der Waals surface area contributed by atoms with E-state index in [0.29, 0.717) is 47.8 Å². The number of alkyl carbamates (subject to hydrolysis) is 1. The van der Waals surface area contributed by atoms with Crippen LogP contribution in [0.5, 0.6) is 5.75 Å². The minimum Gasteiger partial charge on any atom is -0.489 e. The summed E-state index contributed by atoms with van der Waals surface area (Å²) in [5.41, 5.74) is 2.24. The van der Waals surface area contributed by atoms with Crippen LogP contribution in [0, 0.1) is 18.3 Å². The third-order valence-electron chi connectivity index (χ3n) is 6.98. The van der Waals surface area contributed by atoms with E-state index in [4.69, 9.17) is 9.47 Å². The van der Waals surface area contributed by atoms with Gasteiger partial charge in [-0.2, -0.15) is 0 Å². The average Bonchev–Trinajstić information content (AvgIpc) is 3.51. The third-order valence-corrected chi connectivity index (χ3v) is 6.98. The summed E-state index contributed by atoms with van der Waals surface area (Å²) >= 11 is 0. The lowest BCUT2D eigenvalue weighted by atomic mass is 9.87. The first kappa shape index (κ1) is 24.9. The molecule has 11 heteroatoms. The highest BCUT2D eigenvalue weighted by Crippen LogP contribution is 2.49. The summed E-state index contributed by atoms with van der Waals surface area (Å²) in [6.07, 6.45) is 4.26. The van der Waals surface area contributed by atoms with Crippen LogP contribution < -0.4 is 10.1 Å². The fourth-order valence-corrected chi connectivity index (χ4v) is 4.50. The molecule has 2 heterocycles. The second kappa shape index (κ2) is 10.6. The first-order valence-electron chi connectivity index (χ1n) is 12.0. The van der Waals surface area contributed by atoms with Crippen LogP contribution in [0.1, 0.15) is 56.3 Å². The minimum absolute atomic E-state index is 0.144. The quantitative estimate of drug-likeness (QED) is 0.518. The van der Waals surface area contributed by atoms with E-state index in [1.165, 1.54) is 0 Å². The van der Waals surface area contributed by atoms with Crippen LogP contribution in [-0.4, -0.2) is 56.5 Å². The molecule has 2 N–H and O–H groups in total. The number of carboxylic acids is 1. The van der Waals surface area contributed by atoms with E-state index in [2.05, 4.69) is 20.6 Å². The zero-order valence-electron chi connectivity index (χ0n) is 20.1. The van der Waals surface area contributed by atoms with Gasteiger partial charge in [0.05, 0.1) is 48.9 Å². The maximum Gasteiger partial charge on any atom is 0.407 e. The summed E-state index contributed by atoms with van der Waals surface area (Å²) in [5.74, 6) is -0.539. The normalized spacial score (nSPS) is 20.8. The van der Waals surface area contributed by atoms with Gasteiger partial charge in [0, 0.05) is 12.5 Å². The van der Waals surface area contributed by atoms with E-state index >= 15 is 0 Å². The number of pyridine rings is 1. The van der Waals surface area contributed by atoms with Gasteiger partial charge in [0.1, 0.15) is 11.4 Å². The molecule has 0 aromatic carbocycles. The minimum atomic E-state index is -0.775. The number of aromatic nitrogens is 4. The number of carbonyl (C=O) groups excluding carboxylic acids is 1. The van der Waals surface area contributed by atoms with Crippen LogP contribution in [0.15, 0.2) is 12.1 Å². The topological polar surface area (TPSA) is 128 Å². The molecule has 10 nitrogen and oxygen atoms in total. The van der Waals surface area contributed by atoms with Crippen LogP contribution >= 0.6 is 0 Å². The lowest BCUT2D eigenvalue weighted by molar-refractivity contribution is -0.143. The van der Waals surface area contributed by atoms with Gasteiger partial charge in [-0.3, -0.25) is 9.18 Å². The van der Waals surface area contributed by atoms with Crippen LogP contribution in [0.4, 0.5) is 9.18 Å². The zero-order chi connectivity index (χ0) is 25.0. The van der Waals surface area contributed by atoms with Gasteiger partial charge in [-0.25, -0.2) is 14.5 Å². The molecule has 0 saturated heterocycles. The van der Waals surface area contributed by atoms with Crippen molar-refractivity contribution in [1.82, 2.24) is 25.3 Å². The van der Waals surface area contributed by atoms with Crippen LogP contribution in [-0.2, 0) is 23.1 Å². The summed E-state index contributed by atoms with van der Waals surface area (Å²) < 4.78 is 25.6. The van der Waals surface area contributed by atoms with E-state index in [-0.39, 0.29) is 30.6 Å². The Labute approximate surface area is 203 Å². The Hall–Kier alpha value is -3.24. The van der Waals surface area contributed by atoms with Gasteiger partial charge < -0.3 is 19.9 Å². The van der Waals surface area contributed by atoms with Gasteiger partial charge in [-0.05, 0) is 64.0 Å². The molecule has 2 saturated carbocycles. The number of aryl methyl sites for hydroxylation is 2. The molecular weight excluding hydrogens is 457 g/mol. The van der Waals surface area contributed by atoms with E-state index in [9.17, 15) is 19.1 Å². The molecule has 0 aliphatic heterocycles. The zero-order valence-corrected chi connectivity index (χ0v) is 20.1. The molecule has 0 spiro atoms. The number of hydrogen-bond acceptors (Lipinski definition) is 7. The van der Waals surface area contributed by atoms with Crippen LogP contribution in [0.2, 0.25) is 0 Å². The molecule has 2 aromatic heterocycles. The molecule has 0 unspecified atom stereocenters. The Morgan fingerprint density at radius 3 is 2.80 bits per heavy atom. The lowest BCUT2D eigenvalue weighted by Gasteiger charge is -2.27. The van der Waals surface area contributed by atoms with Crippen molar-refractivity contribution in [3.8, 4) is 17.1 Å². The van der Waals surface area contributed by atoms with E-state index < -0.39 is 18.7 Å². The summed E-state index contributed by atoms with van der Waals surface area (Å²) in [5, 5.41) is 20.3. The number of aliphatic carboxylic acids is 1. The number of nitrogens with zero attached hydrogens (tertiary/aromatic N) is 4. The molecule has 2 aliphatic rings. The van der Waals surface area contributed by atoms with Crippen LogP contribution in [0.3, 0.4) is 0 Å². The highest BCUT2D eigenvalue weighted by molar-refractivity contribution is 5.70. The number of carboxylic acid groups (broad SMARTS) is 1. The average molecular weight is 490 g/mol. The number of nitrogens with one attached hydrogen (secondary N) is 1. The maximum absolute atomic E-state index is 12.6. The summed E-state index contributed by atoms with van der Waals surface area (Å²) in [6.45, 7) is 1.78. The summed E-state index contributed by atoms with van der Waals surface area (Å²) in [6, 6.07) is 3.58. The molecule has 2 aliphatic carbocycles. The number of halogens is 1. The lowest BCUT2D eigenvalue weighted by Crippen LogP contribution is -2.29. The van der Waals surface area contributed by atoms with Crippen molar-refractivity contribution < 1.29 is 28.6 Å². The van der Waals surface area contributed by atoms with Crippen molar-refractivity contribution in [1.29, 1.82) is 0 Å². The molecule has 2 aromatic rings. The van der Waals surface area contributed by atoms with Gasteiger partial charge in [0.25, 0.3) is 0 Å². The Balaban J connectivity index is 1.37. The number of carbonyl (C=O) groups is 2. The number of alkyl halides is 1. The van der Waals surface area contributed by atoms with E-state index in [1.807, 2.05) is 13.0 Å². The molecule has 2 fully saturated rings. The van der Waals surface area contributed by atoms with Crippen molar-refractivity contribution in [2.75, 3.05) is 13.3 Å². The Morgan fingerprint density at radius 2 is 2.11 bits per heavy atom. The van der Waals surface area contributed by atoms with Gasteiger partial charge in [-0.15, -0.1) is 5.10 Å². The Bertz CT molecular complexity index is 1070. The van der Waals surface area contributed by atoms with Crippen LogP contribution in [0.25, 0.3) is 11.4 Å². The molecule has 1 amide bonds. The molecule has 2 atom stereocenters. The Kier molecular flexibility index (Phi) is 7.51. The monoisotopic (exact) mass is 489 g/mol. The highest BCUT2D eigenvalue weighted by atomic mass is 19.1. The second-order valence-corrected chi connectivity index (χ2v) is 9.60. The number of hydrogen-bond donors (Lipinski definition) is 2. The van der Waals surface area contributed by atoms with Gasteiger partial charge in [-0.1, -0.05) is 5.21 Å². The second-order valence-electron chi connectivity index (χ2n) is 9.60. The maximum atomic E-state index is 12.6. The third kappa shape index (κ3) is 6.07. The van der Waals surface area contributed by atoms with E-state index in [1.54, 1.807) is 17.8 Å². The smallest absolute Gasteiger partial charge is 0.407 e. The van der Waals surface area contributed by atoms with Crippen molar-refractivity contribution in [2.24, 2.45) is 18.4 Å². The first-order chi connectivity index (χ1) is 16.8. The van der Waals surface area contributed by atoms with Crippen molar-refractivity contribution in [2.45, 2.75) is 64.5 Å². The highest BCUT2D eigenvalue weighted by Gasteiger charge is 2.43. The molecular formula is C24H32FN5O5. The Morgan fingerprint density at radius 1 is 1.31 bits per heavy atom. The van der Waals surface area contributed by atoms with E-state index in [0.717, 1.165) is 25.7 Å². The number of rotatable bonds is 10. The molecule has 0 bridgehead atoms. The molecule has 0 radical (unpaired) electrons. The number of amides is 1. The SMILES string of the molecule is Cc1nc(-c2nnn(C)c2CNC(=O)OCC2(CCF)CC2)ccc1O[C@H]1CCC[C@H](C(=O)O)C1. The molecule has 190 valence electrons. The first-order valence-corrected chi connectivity index (χ1v) is 12.0. The number of ether oxygens (including phenoxy) is 2. The van der Waals surface area contributed by atoms with Gasteiger partial charge in [0.15, 0.2) is 0 Å². The molecule has 35 heavy (non-hydrogen) atoms. The fourth-order valence-electron chi connectivity index (χ4n) is 4.50. The van der Waals surface area contributed by atoms with Gasteiger partial charge >= 0.3 is 12.1 Å². The summed E-state index contributed by atoms with van der Waals surface area (Å²) in [7, 11) is 1.73. The largest absolute Gasteiger partial charge is 0.489 e.